The molecule has 28 heavy (non-hydrogen) atoms. The molecule has 1 aromatic carbocycles. The van der Waals surface area contributed by atoms with Gasteiger partial charge < -0.3 is 15.1 Å². The number of urea groups is 1. The Labute approximate surface area is 168 Å². The molecule has 1 saturated heterocycles. The lowest BCUT2D eigenvalue weighted by Gasteiger charge is -2.32. The average Bonchev–Trinajstić information content (AvgIpc) is 2.70. The molecule has 1 aliphatic heterocycles. The molecule has 0 aromatic heterocycles. The third-order valence-electron chi connectivity index (χ3n) is 6.48. The second-order valence-electron chi connectivity index (χ2n) is 8.53. The number of aryl methyl sites for hydroxylation is 1. The maximum Gasteiger partial charge on any atom is 0.321 e. The molecule has 154 valence electrons. The lowest BCUT2D eigenvalue weighted by molar-refractivity contribution is -1.02. The number of benzene rings is 1. The number of piperazine rings is 1. The summed E-state index contributed by atoms with van der Waals surface area (Å²) in [6.45, 7) is 9.17. The van der Waals surface area contributed by atoms with E-state index < -0.39 is 0 Å². The fourth-order valence-corrected chi connectivity index (χ4v) is 4.49. The van der Waals surface area contributed by atoms with Gasteiger partial charge in [-0.25, -0.2) is 4.79 Å². The maximum atomic E-state index is 12.5. The Balaban J connectivity index is 1.41. The van der Waals surface area contributed by atoms with Crippen molar-refractivity contribution in [2.45, 2.75) is 64.6 Å². The number of nitrogens with one attached hydrogen (secondary N) is 4. The molecule has 4 N–H and O–H groups in total. The van der Waals surface area contributed by atoms with E-state index in [-0.39, 0.29) is 24.0 Å². The molecule has 1 atom stereocenters. The topological polar surface area (TPSA) is 67.1 Å². The molecule has 2 fully saturated rings. The second-order valence-corrected chi connectivity index (χ2v) is 8.53. The predicted octanol–water partition coefficient (Wildman–Crippen LogP) is -0.175. The molecule has 3 amide bonds. The molecule has 1 saturated carbocycles. The summed E-state index contributed by atoms with van der Waals surface area (Å²) in [6, 6.07) is 8.26. The summed E-state index contributed by atoms with van der Waals surface area (Å²) in [6.07, 6.45) is 5.61. The van der Waals surface area contributed by atoms with Gasteiger partial charge in [-0.2, -0.15) is 0 Å². The summed E-state index contributed by atoms with van der Waals surface area (Å²) >= 11 is 0. The van der Waals surface area contributed by atoms with Crippen molar-refractivity contribution in [1.82, 2.24) is 10.6 Å². The summed E-state index contributed by atoms with van der Waals surface area (Å²) < 4.78 is 0. The highest BCUT2D eigenvalue weighted by Gasteiger charge is 2.32. The molecule has 0 radical (unpaired) electrons. The Morgan fingerprint density at radius 2 is 1.75 bits per heavy atom. The minimum Gasteiger partial charge on any atom is -0.335 e. The van der Waals surface area contributed by atoms with Crippen molar-refractivity contribution in [3.8, 4) is 0 Å². The number of hydrogen-bond donors (Lipinski definition) is 4. The molecule has 6 nitrogen and oxygen atoms in total. The third kappa shape index (κ3) is 5.79. The fraction of sp³-hybridized carbons (Fsp3) is 0.636. The number of rotatable bonds is 5. The SMILES string of the molecule is Cc1ccccc1C[NH+]1CC[NH+]([C@@H](C)C(=O)NC(=O)NC2CCCCC2)CC1. The first-order valence-corrected chi connectivity index (χ1v) is 10.9. The van der Waals surface area contributed by atoms with Gasteiger partial charge in [-0.1, -0.05) is 43.5 Å². The Hall–Kier alpha value is -1.92. The van der Waals surface area contributed by atoms with E-state index in [1.54, 1.807) is 4.90 Å². The van der Waals surface area contributed by atoms with E-state index in [1.807, 2.05) is 6.92 Å². The summed E-state index contributed by atoms with van der Waals surface area (Å²) in [5, 5.41) is 5.53. The van der Waals surface area contributed by atoms with Crippen LogP contribution in [0.4, 0.5) is 4.79 Å². The standard InChI is InChI=1S/C22H34N4O2/c1-17-8-6-7-9-19(17)16-25-12-14-26(15-13-25)18(2)21(27)24-22(28)23-20-10-4-3-5-11-20/h6-9,18,20H,3-5,10-16H2,1-2H3,(H2,23,24,27,28)/p+2/t18-/m0/s1. The number of quaternary nitrogens is 2. The van der Waals surface area contributed by atoms with Crippen molar-refractivity contribution in [1.29, 1.82) is 0 Å². The van der Waals surface area contributed by atoms with Crippen LogP contribution in [0.25, 0.3) is 0 Å². The summed E-state index contributed by atoms with van der Waals surface area (Å²) in [4.78, 5) is 27.5. The highest BCUT2D eigenvalue weighted by atomic mass is 16.2. The van der Waals surface area contributed by atoms with Crippen molar-refractivity contribution in [3.63, 3.8) is 0 Å². The summed E-state index contributed by atoms with van der Waals surface area (Å²) in [7, 11) is 0. The second kappa shape index (κ2) is 10.0. The zero-order valence-corrected chi connectivity index (χ0v) is 17.4. The normalized spacial score (nSPS) is 24.4. The van der Waals surface area contributed by atoms with Crippen LogP contribution in [-0.4, -0.2) is 50.2 Å². The summed E-state index contributed by atoms with van der Waals surface area (Å²) in [5.74, 6) is -0.161. The smallest absolute Gasteiger partial charge is 0.321 e. The quantitative estimate of drug-likeness (QED) is 0.566. The minimum atomic E-state index is -0.327. The van der Waals surface area contributed by atoms with Gasteiger partial charge in [0.15, 0.2) is 6.04 Å². The van der Waals surface area contributed by atoms with Gasteiger partial charge in [0, 0.05) is 11.6 Å². The van der Waals surface area contributed by atoms with Gasteiger partial charge >= 0.3 is 6.03 Å². The Morgan fingerprint density at radius 1 is 1.07 bits per heavy atom. The Morgan fingerprint density at radius 3 is 2.43 bits per heavy atom. The molecule has 3 rings (SSSR count). The van der Waals surface area contributed by atoms with Crippen LogP contribution in [-0.2, 0) is 11.3 Å². The Bertz CT molecular complexity index is 664. The van der Waals surface area contributed by atoms with Gasteiger partial charge in [0.05, 0.1) is 0 Å². The lowest BCUT2D eigenvalue weighted by Crippen LogP contribution is -3.29. The summed E-state index contributed by atoms with van der Waals surface area (Å²) in [5.41, 5.74) is 2.76. The van der Waals surface area contributed by atoms with Crippen LogP contribution in [0.1, 0.15) is 50.2 Å². The number of imide groups is 1. The largest absolute Gasteiger partial charge is 0.335 e. The van der Waals surface area contributed by atoms with Gasteiger partial charge in [0.25, 0.3) is 5.91 Å². The van der Waals surface area contributed by atoms with Gasteiger partial charge in [-0.15, -0.1) is 0 Å². The average molecular weight is 389 g/mol. The van der Waals surface area contributed by atoms with E-state index in [1.165, 1.54) is 22.4 Å². The maximum absolute atomic E-state index is 12.5. The van der Waals surface area contributed by atoms with Crippen LogP contribution in [0, 0.1) is 6.92 Å². The van der Waals surface area contributed by atoms with Crippen molar-refractivity contribution >= 4 is 11.9 Å². The number of carbonyl (C=O) groups is 2. The number of carbonyl (C=O) groups excluding carboxylic acids is 2. The first-order chi connectivity index (χ1) is 13.5. The molecule has 1 aliphatic carbocycles. The Kier molecular flexibility index (Phi) is 7.45. The van der Waals surface area contributed by atoms with Crippen LogP contribution in [0.3, 0.4) is 0 Å². The highest BCUT2D eigenvalue weighted by molar-refractivity contribution is 5.96. The van der Waals surface area contributed by atoms with Crippen molar-refractivity contribution in [2.24, 2.45) is 0 Å². The van der Waals surface area contributed by atoms with Gasteiger partial charge in [-0.3, -0.25) is 10.1 Å². The molecule has 0 unspecified atom stereocenters. The van der Waals surface area contributed by atoms with E-state index >= 15 is 0 Å². The van der Waals surface area contributed by atoms with Crippen LogP contribution < -0.4 is 20.4 Å². The zero-order chi connectivity index (χ0) is 19.9. The van der Waals surface area contributed by atoms with E-state index in [2.05, 4.69) is 41.8 Å². The monoisotopic (exact) mass is 388 g/mol. The number of hydrogen-bond acceptors (Lipinski definition) is 2. The zero-order valence-electron chi connectivity index (χ0n) is 17.4. The van der Waals surface area contributed by atoms with Crippen LogP contribution in [0.5, 0.6) is 0 Å². The number of amides is 3. The van der Waals surface area contributed by atoms with Crippen molar-refractivity contribution in [2.75, 3.05) is 26.2 Å². The van der Waals surface area contributed by atoms with E-state index in [4.69, 9.17) is 0 Å². The van der Waals surface area contributed by atoms with Crippen LogP contribution in [0.2, 0.25) is 0 Å². The first kappa shape index (κ1) is 20.8. The molecular formula is C22H36N4O2+2. The van der Waals surface area contributed by atoms with Crippen LogP contribution >= 0.6 is 0 Å². The minimum absolute atomic E-state index is 0.161. The lowest BCUT2D eigenvalue weighted by atomic mass is 9.96. The molecule has 6 heteroatoms. The van der Waals surface area contributed by atoms with Crippen molar-refractivity contribution < 1.29 is 19.4 Å². The van der Waals surface area contributed by atoms with Gasteiger partial charge in [0.2, 0.25) is 0 Å². The van der Waals surface area contributed by atoms with Gasteiger partial charge in [0.1, 0.15) is 32.7 Å². The first-order valence-electron chi connectivity index (χ1n) is 10.9. The predicted molar refractivity (Wildman–Crippen MR) is 109 cm³/mol. The molecule has 1 heterocycles. The fourth-order valence-electron chi connectivity index (χ4n) is 4.49. The molecule has 2 aliphatic rings. The van der Waals surface area contributed by atoms with E-state index in [0.717, 1.165) is 58.4 Å². The highest BCUT2D eigenvalue weighted by Crippen LogP contribution is 2.17. The van der Waals surface area contributed by atoms with Gasteiger partial charge in [-0.05, 0) is 32.3 Å². The molecule has 1 aromatic rings. The van der Waals surface area contributed by atoms with E-state index in [0.29, 0.717) is 0 Å². The third-order valence-corrected chi connectivity index (χ3v) is 6.48. The molecule has 0 bridgehead atoms. The van der Waals surface area contributed by atoms with Crippen molar-refractivity contribution in [3.05, 3.63) is 35.4 Å². The van der Waals surface area contributed by atoms with Crippen LogP contribution in [0.15, 0.2) is 24.3 Å². The van der Waals surface area contributed by atoms with E-state index in [9.17, 15) is 9.59 Å². The molecular weight excluding hydrogens is 352 g/mol. The molecule has 0 spiro atoms.